The van der Waals surface area contributed by atoms with Crippen LogP contribution in [-0.4, -0.2) is 47.5 Å². The molecule has 2 N–H and O–H groups in total. The van der Waals surface area contributed by atoms with Crippen molar-refractivity contribution in [2.75, 3.05) is 13.1 Å². The van der Waals surface area contributed by atoms with Crippen LogP contribution in [0.15, 0.2) is 36.4 Å². The Bertz CT molecular complexity index is 927. The largest absolute Gasteiger partial charge is 0.343 e. The van der Waals surface area contributed by atoms with Gasteiger partial charge in [-0.2, -0.15) is 0 Å². The number of carbonyl (C=O) groups is 2. The zero-order chi connectivity index (χ0) is 19.8. The van der Waals surface area contributed by atoms with Crippen molar-refractivity contribution >= 4 is 28.3 Å². The lowest BCUT2D eigenvalue weighted by Crippen LogP contribution is -2.45. The molecule has 7 heteroatoms. The van der Waals surface area contributed by atoms with Crippen LogP contribution in [0.4, 0.5) is 8.78 Å². The predicted octanol–water partition coefficient (Wildman–Crippen LogP) is 3.15. The van der Waals surface area contributed by atoms with Gasteiger partial charge in [0.05, 0.1) is 19.1 Å². The van der Waals surface area contributed by atoms with Crippen LogP contribution in [0, 0.1) is 12.3 Å². The van der Waals surface area contributed by atoms with E-state index in [9.17, 15) is 18.4 Å². The van der Waals surface area contributed by atoms with Crippen LogP contribution in [0.2, 0.25) is 0 Å². The standard InChI is InChI=1S/C20H21F2N3O2/c1-12-5-3-7-15-14(12)6-4-8-16(15)19(27)24-10-18(26)25-11-20(21,22)9-17(25)13(2)23/h3-8,17,23H,9-11H2,1-2H3,(H,24,27)/t17-/m0/s1. The molecule has 5 nitrogen and oxygen atoms in total. The van der Waals surface area contributed by atoms with Crippen LogP contribution in [-0.2, 0) is 4.79 Å². The molecule has 1 fully saturated rings. The van der Waals surface area contributed by atoms with E-state index in [1.165, 1.54) is 6.92 Å². The van der Waals surface area contributed by atoms with Gasteiger partial charge in [-0.05, 0) is 36.2 Å². The van der Waals surface area contributed by atoms with Crippen molar-refractivity contribution in [1.82, 2.24) is 10.2 Å². The molecule has 0 spiro atoms. The van der Waals surface area contributed by atoms with Crippen LogP contribution in [0.1, 0.15) is 29.3 Å². The highest BCUT2D eigenvalue weighted by atomic mass is 19.3. The van der Waals surface area contributed by atoms with Crippen molar-refractivity contribution in [1.29, 1.82) is 5.41 Å². The quantitative estimate of drug-likeness (QED) is 0.808. The molecular formula is C20H21F2N3O2. The summed E-state index contributed by atoms with van der Waals surface area (Å²) in [5, 5.41) is 11.9. The third-order valence-electron chi connectivity index (χ3n) is 4.87. The number of nitrogens with one attached hydrogen (secondary N) is 2. The molecule has 0 saturated carbocycles. The molecule has 0 aromatic heterocycles. The molecule has 2 amide bonds. The van der Waals surface area contributed by atoms with Gasteiger partial charge in [0.2, 0.25) is 5.91 Å². The van der Waals surface area contributed by atoms with E-state index in [4.69, 9.17) is 5.41 Å². The number of fused-ring (bicyclic) bond motifs is 1. The van der Waals surface area contributed by atoms with E-state index in [2.05, 4.69) is 5.32 Å². The Labute approximate surface area is 155 Å². The van der Waals surface area contributed by atoms with E-state index in [0.29, 0.717) is 5.56 Å². The minimum Gasteiger partial charge on any atom is -0.343 e. The molecule has 2 aromatic carbocycles. The molecule has 1 aliphatic heterocycles. The third-order valence-corrected chi connectivity index (χ3v) is 4.87. The first kappa shape index (κ1) is 18.9. The van der Waals surface area contributed by atoms with E-state index in [1.807, 2.05) is 31.2 Å². The molecule has 2 aromatic rings. The van der Waals surface area contributed by atoms with Gasteiger partial charge in [-0.25, -0.2) is 8.78 Å². The number of benzene rings is 2. The number of amides is 2. The van der Waals surface area contributed by atoms with Gasteiger partial charge >= 0.3 is 0 Å². The van der Waals surface area contributed by atoms with Gasteiger partial charge in [-0.1, -0.05) is 30.3 Å². The highest BCUT2D eigenvalue weighted by Gasteiger charge is 2.47. The van der Waals surface area contributed by atoms with Crippen molar-refractivity contribution in [2.45, 2.75) is 32.2 Å². The summed E-state index contributed by atoms with van der Waals surface area (Å²) in [5.41, 5.74) is 1.47. The van der Waals surface area contributed by atoms with Crippen LogP contribution < -0.4 is 5.32 Å². The Morgan fingerprint density at radius 1 is 1.22 bits per heavy atom. The summed E-state index contributed by atoms with van der Waals surface area (Å²) in [6.07, 6.45) is -0.551. The molecule has 1 aliphatic rings. The Balaban J connectivity index is 1.74. The lowest BCUT2D eigenvalue weighted by Gasteiger charge is -2.23. The number of likely N-dealkylation sites (tertiary alicyclic amines) is 1. The highest BCUT2D eigenvalue weighted by molar-refractivity contribution is 6.08. The van der Waals surface area contributed by atoms with Crippen LogP contribution in [0.5, 0.6) is 0 Å². The molecule has 1 heterocycles. The zero-order valence-electron chi connectivity index (χ0n) is 15.2. The van der Waals surface area contributed by atoms with Gasteiger partial charge in [0, 0.05) is 17.7 Å². The zero-order valence-corrected chi connectivity index (χ0v) is 15.2. The fourth-order valence-corrected chi connectivity index (χ4v) is 3.48. The van der Waals surface area contributed by atoms with E-state index in [-0.39, 0.29) is 12.3 Å². The maximum absolute atomic E-state index is 13.7. The first-order valence-electron chi connectivity index (χ1n) is 8.68. The maximum Gasteiger partial charge on any atom is 0.267 e. The van der Waals surface area contributed by atoms with Gasteiger partial charge < -0.3 is 15.6 Å². The van der Waals surface area contributed by atoms with Gasteiger partial charge in [0.25, 0.3) is 11.8 Å². The molecule has 0 aliphatic carbocycles. The average Bonchev–Trinajstić information content (AvgIpc) is 2.95. The van der Waals surface area contributed by atoms with Crippen LogP contribution >= 0.6 is 0 Å². The summed E-state index contributed by atoms with van der Waals surface area (Å²) in [4.78, 5) is 25.9. The first-order valence-corrected chi connectivity index (χ1v) is 8.68. The van der Waals surface area contributed by atoms with Gasteiger partial charge in [-0.3, -0.25) is 9.59 Å². The second-order valence-electron chi connectivity index (χ2n) is 6.94. The lowest BCUT2D eigenvalue weighted by atomic mass is 10.0. The van der Waals surface area contributed by atoms with Crippen LogP contribution in [0.3, 0.4) is 0 Å². The summed E-state index contributed by atoms with van der Waals surface area (Å²) in [5.74, 6) is -4.07. The molecule has 0 radical (unpaired) electrons. The summed E-state index contributed by atoms with van der Waals surface area (Å²) >= 11 is 0. The van der Waals surface area contributed by atoms with E-state index in [0.717, 1.165) is 21.2 Å². The Morgan fingerprint density at radius 3 is 2.59 bits per heavy atom. The molecular weight excluding hydrogens is 352 g/mol. The molecule has 27 heavy (non-hydrogen) atoms. The smallest absolute Gasteiger partial charge is 0.267 e. The molecule has 3 rings (SSSR count). The monoisotopic (exact) mass is 373 g/mol. The van der Waals surface area contributed by atoms with Crippen molar-refractivity contribution in [3.8, 4) is 0 Å². The summed E-state index contributed by atoms with van der Waals surface area (Å²) in [6.45, 7) is 2.24. The number of rotatable bonds is 4. The van der Waals surface area contributed by atoms with Crippen molar-refractivity contribution < 1.29 is 18.4 Å². The minimum absolute atomic E-state index is 0.0105. The first-order chi connectivity index (χ1) is 12.7. The third kappa shape index (κ3) is 3.82. The number of halogens is 2. The lowest BCUT2D eigenvalue weighted by molar-refractivity contribution is -0.131. The fourth-order valence-electron chi connectivity index (χ4n) is 3.48. The number of hydrogen-bond donors (Lipinski definition) is 2. The Morgan fingerprint density at radius 2 is 1.89 bits per heavy atom. The Hall–Kier alpha value is -2.83. The van der Waals surface area contributed by atoms with Gasteiger partial charge in [0.1, 0.15) is 0 Å². The van der Waals surface area contributed by atoms with E-state index in [1.54, 1.807) is 12.1 Å². The molecule has 1 atom stereocenters. The normalized spacial score (nSPS) is 18.5. The number of hydrogen-bond acceptors (Lipinski definition) is 3. The number of nitrogens with zero attached hydrogens (tertiary/aromatic N) is 1. The number of carbonyl (C=O) groups excluding carboxylic acids is 2. The second-order valence-corrected chi connectivity index (χ2v) is 6.94. The average molecular weight is 373 g/mol. The van der Waals surface area contributed by atoms with Crippen LogP contribution in [0.25, 0.3) is 10.8 Å². The summed E-state index contributed by atoms with van der Waals surface area (Å²) in [7, 11) is 0. The minimum atomic E-state index is -3.01. The van der Waals surface area contributed by atoms with E-state index < -0.39 is 36.7 Å². The van der Waals surface area contributed by atoms with Gasteiger partial charge in [-0.15, -0.1) is 0 Å². The predicted molar refractivity (Wildman–Crippen MR) is 99.5 cm³/mol. The molecule has 142 valence electrons. The van der Waals surface area contributed by atoms with Crippen molar-refractivity contribution in [2.24, 2.45) is 0 Å². The Kier molecular flexibility index (Phi) is 4.95. The SMILES string of the molecule is CC(=N)[C@@H]1CC(F)(F)CN1C(=O)CNC(=O)c1cccc2c(C)cccc12. The van der Waals surface area contributed by atoms with Crippen molar-refractivity contribution in [3.05, 3.63) is 47.5 Å². The molecule has 0 unspecified atom stereocenters. The molecule has 0 bridgehead atoms. The highest BCUT2D eigenvalue weighted by Crippen LogP contribution is 2.32. The second kappa shape index (κ2) is 7.06. The summed E-state index contributed by atoms with van der Waals surface area (Å²) in [6, 6.07) is 10.0. The topological polar surface area (TPSA) is 73.3 Å². The maximum atomic E-state index is 13.7. The van der Waals surface area contributed by atoms with Crippen molar-refractivity contribution in [3.63, 3.8) is 0 Å². The van der Waals surface area contributed by atoms with Gasteiger partial charge in [0.15, 0.2) is 0 Å². The van der Waals surface area contributed by atoms with E-state index >= 15 is 0 Å². The molecule has 1 saturated heterocycles. The summed E-state index contributed by atoms with van der Waals surface area (Å²) < 4.78 is 27.3. The number of alkyl halides is 2. The fraction of sp³-hybridized carbons (Fsp3) is 0.350. The number of aryl methyl sites for hydroxylation is 1.